The van der Waals surface area contributed by atoms with Gasteiger partial charge in [-0.2, -0.15) is 4.68 Å². The zero-order valence-corrected chi connectivity index (χ0v) is 24.2. The molecule has 3 aromatic carbocycles. The average molecular weight is 598 g/mol. The van der Waals surface area contributed by atoms with Crippen molar-refractivity contribution in [2.45, 2.75) is 31.5 Å². The molecule has 0 aliphatic carbocycles. The summed E-state index contributed by atoms with van der Waals surface area (Å²) in [6.07, 6.45) is 3.14. The number of carbonyl (C=O) groups is 2. The average Bonchev–Trinajstić information content (AvgIpc) is 3.86. The number of methoxy groups -OCH3 is 2. The first-order chi connectivity index (χ1) is 21.6. The zero-order chi connectivity index (χ0) is 30.5. The number of hydrogen-bond donors (Lipinski definition) is 1. The van der Waals surface area contributed by atoms with Gasteiger partial charge in [0.05, 0.1) is 25.8 Å². The summed E-state index contributed by atoms with van der Waals surface area (Å²) >= 11 is 0. The quantitative estimate of drug-likeness (QED) is 0.240. The van der Waals surface area contributed by atoms with Crippen LogP contribution in [-0.4, -0.2) is 80.5 Å². The van der Waals surface area contributed by atoms with Gasteiger partial charge in [-0.1, -0.05) is 29.5 Å². The number of rotatable bonds is 11. The second-order valence-electron chi connectivity index (χ2n) is 10.2. The van der Waals surface area contributed by atoms with Gasteiger partial charge in [-0.05, 0) is 65.2 Å². The smallest absolute Gasteiger partial charge is 0.249 e. The summed E-state index contributed by atoms with van der Waals surface area (Å²) in [5.41, 5.74) is 2.90. The summed E-state index contributed by atoms with van der Waals surface area (Å²) < 4.78 is 19.7. The Hall–Kier alpha value is -5.37. The summed E-state index contributed by atoms with van der Waals surface area (Å²) in [4.78, 5) is 30.0. The van der Waals surface area contributed by atoms with Crippen LogP contribution in [0.1, 0.15) is 24.4 Å². The Morgan fingerprint density at radius 1 is 1.07 bits per heavy atom. The molecule has 5 aromatic rings. The molecule has 1 aliphatic heterocycles. The Labute approximate surface area is 252 Å². The van der Waals surface area contributed by atoms with E-state index < -0.39 is 11.9 Å². The largest absolute Gasteiger partial charge is 0.497 e. The highest BCUT2D eigenvalue weighted by atomic mass is 16.5. The minimum Gasteiger partial charge on any atom is -0.497 e. The predicted molar refractivity (Wildman–Crippen MR) is 158 cm³/mol. The van der Waals surface area contributed by atoms with Gasteiger partial charge in [0, 0.05) is 24.9 Å². The van der Waals surface area contributed by atoms with E-state index in [1.165, 1.54) is 27.7 Å². The third-order valence-electron chi connectivity index (χ3n) is 7.48. The molecule has 44 heavy (non-hydrogen) atoms. The number of nitrogens with zero attached hydrogens (tertiary/aromatic N) is 8. The van der Waals surface area contributed by atoms with Gasteiger partial charge in [-0.25, -0.2) is 4.68 Å². The molecular weight excluding hydrogens is 566 g/mol. The SMILES string of the molecule is COc1ccc([C@@H](C(=O)NC[C@H]2CCCO2)N(C(=O)Cn2nnc3ccccc32)c2ccc(-n3cnnn3)c(OC)c2)cc1. The van der Waals surface area contributed by atoms with Crippen molar-refractivity contribution in [1.82, 2.24) is 40.5 Å². The second-order valence-corrected chi connectivity index (χ2v) is 10.2. The van der Waals surface area contributed by atoms with Crippen molar-refractivity contribution in [1.29, 1.82) is 0 Å². The molecule has 1 aliphatic rings. The standard InChI is InChI=1S/C30H31N9O5/c1-42-22-12-9-20(10-13-22)29(30(41)31-17-23-6-5-15-44-23)39(28(40)18-37-25-8-4-3-7-24(25)33-35-37)21-11-14-26(27(16-21)43-2)38-19-32-34-36-38/h3-4,7-14,16,19,23,29H,5-6,15,17-18H2,1-2H3,(H,31,41)/t23-,29+/m1/s1. The van der Waals surface area contributed by atoms with Crippen molar-refractivity contribution < 1.29 is 23.8 Å². The van der Waals surface area contributed by atoms with E-state index >= 15 is 0 Å². The zero-order valence-electron chi connectivity index (χ0n) is 24.2. The lowest BCUT2D eigenvalue weighted by atomic mass is 10.0. The van der Waals surface area contributed by atoms with Gasteiger partial charge >= 0.3 is 0 Å². The third-order valence-corrected chi connectivity index (χ3v) is 7.48. The van der Waals surface area contributed by atoms with Crippen molar-refractivity contribution in [3.8, 4) is 17.2 Å². The molecule has 0 unspecified atom stereocenters. The molecule has 1 fully saturated rings. The molecule has 2 atom stereocenters. The summed E-state index contributed by atoms with van der Waals surface area (Å²) in [5.74, 6) is 0.246. The maximum Gasteiger partial charge on any atom is 0.249 e. The normalized spacial score (nSPS) is 15.2. The fourth-order valence-corrected chi connectivity index (χ4v) is 5.27. The lowest BCUT2D eigenvalue weighted by molar-refractivity contribution is -0.127. The van der Waals surface area contributed by atoms with Crippen LogP contribution in [0.4, 0.5) is 5.69 Å². The Bertz CT molecular complexity index is 1730. The van der Waals surface area contributed by atoms with E-state index in [9.17, 15) is 9.59 Å². The Morgan fingerprint density at radius 2 is 1.91 bits per heavy atom. The minimum absolute atomic E-state index is 0.0863. The molecule has 14 heteroatoms. The molecule has 1 saturated heterocycles. The highest BCUT2D eigenvalue weighted by molar-refractivity contribution is 6.02. The molecule has 226 valence electrons. The molecule has 3 heterocycles. The van der Waals surface area contributed by atoms with Crippen molar-refractivity contribution in [3.63, 3.8) is 0 Å². The van der Waals surface area contributed by atoms with Crippen LogP contribution in [0.3, 0.4) is 0 Å². The van der Waals surface area contributed by atoms with Gasteiger partial charge in [-0.15, -0.1) is 10.2 Å². The van der Waals surface area contributed by atoms with Gasteiger partial charge in [-0.3, -0.25) is 14.5 Å². The van der Waals surface area contributed by atoms with E-state index in [0.29, 0.717) is 52.6 Å². The van der Waals surface area contributed by atoms with Crippen LogP contribution in [0, 0.1) is 0 Å². The van der Waals surface area contributed by atoms with E-state index in [2.05, 4.69) is 31.2 Å². The number of hydrogen-bond acceptors (Lipinski definition) is 10. The van der Waals surface area contributed by atoms with E-state index in [4.69, 9.17) is 14.2 Å². The predicted octanol–water partition coefficient (Wildman–Crippen LogP) is 2.49. The van der Waals surface area contributed by atoms with Gasteiger partial charge in [0.25, 0.3) is 0 Å². The number of amides is 2. The molecule has 2 amide bonds. The topological polar surface area (TPSA) is 151 Å². The first-order valence-corrected chi connectivity index (χ1v) is 14.1. The van der Waals surface area contributed by atoms with E-state index in [0.717, 1.165) is 12.8 Å². The lowest BCUT2D eigenvalue weighted by Gasteiger charge is -2.32. The number of nitrogens with one attached hydrogen (secondary N) is 1. The number of fused-ring (bicyclic) bond motifs is 1. The van der Waals surface area contributed by atoms with Gasteiger partial charge < -0.3 is 19.5 Å². The van der Waals surface area contributed by atoms with Gasteiger partial charge in [0.2, 0.25) is 11.8 Å². The van der Waals surface area contributed by atoms with Gasteiger partial charge in [0.1, 0.15) is 41.6 Å². The molecule has 1 N–H and O–H groups in total. The molecule has 0 saturated carbocycles. The second kappa shape index (κ2) is 12.9. The fraction of sp³-hybridized carbons (Fsp3) is 0.300. The first kappa shape index (κ1) is 28.7. The minimum atomic E-state index is -1.06. The van der Waals surface area contributed by atoms with Crippen LogP contribution in [0.2, 0.25) is 0 Å². The van der Waals surface area contributed by atoms with E-state index in [-0.39, 0.29) is 18.6 Å². The maximum atomic E-state index is 14.4. The summed E-state index contributed by atoms with van der Waals surface area (Å²) in [5, 5.41) is 22.8. The Balaban J connectivity index is 1.44. The highest BCUT2D eigenvalue weighted by Crippen LogP contribution is 2.34. The van der Waals surface area contributed by atoms with Crippen LogP contribution < -0.4 is 19.7 Å². The van der Waals surface area contributed by atoms with E-state index in [1.807, 2.05) is 24.3 Å². The van der Waals surface area contributed by atoms with Crippen molar-refractivity contribution in [2.24, 2.45) is 0 Å². The number of benzene rings is 3. The monoisotopic (exact) mass is 597 g/mol. The summed E-state index contributed by atoms with van der Waals surface area (Å²) in [6.45, 7) is 0.804. The van der Waals surface area contributed by atoms with Crippen LogP contribution in [-0.2, 0) is 20.9 Å². The highest BCUT2D eigenvalue weighted by Gasteiger charge is 2.34. The fourth-order valence-electron chi connectivity index (χ4n) is 5.27. The van der Waals surface area contributed by atoms with E-state index in [1.54, 1.807) is 49.6 Å². The number of ether oxygens (including phenoxy) is 3. The van der Waals surface area contributed by atoms with Crippen molar-refractivity contribution in [3.05, 3.63) is 78.6 Å². The number of tetrazole rings is 1. The number of aromatic nitrogens is 7. The van der Waals surface area contributed by atoms with Crippen molar-refractivity contribution >= 4 is 28.5 Å². The Kier molecular flexibility index (Phi) is 8.41. The van der Waals surface area contributed by atoms with Crippen molar-refractivity contribution in [2.75, 3.05) is 32.3 Å². The number of carbonyl (C=O) groups excluding carboxylic acids is 2. The molecule has 0 spiro atoms. The van der Waals surface area contributed by atoms with Crippen LogP contribution >= 0.6 is 0 Å². The molecule has 2 aromatic heterocycles. The molecular formula is C30H31N9O5. The maximum absolute atomic E-state index is 14.4. The van der Waals surface area contributed by atoms with Crippen LogP contribution in [0.5, 0.6) is 11.5 Å². The van der Waals surface area contributed by atoms with Crippen LogP contribution in [0.15, 0.2) is 73.1 Å². The number of anilines is 1. The molecule has 0 radical (unpaired) electrons. The third kappa shape index (κ3) is 5.92. The first-order valence-electron chi connectivity index (χ1n) is 14.1. The van der Waals surface area contributed by atoms with Crippen LogP contribution in [0.25, 0.3) is 16.7 Å². The molecule has 0 bridgehead atoms. The molecule has 6 rings (SSSR count). The van der Waals surface area contributed by atoms with Gasteiger partial charge in [0.15, 0.2) is 0 Å². The lowest BCUT2D eigenvalue weighted by Crippen LogP contribution is -2.46. The number of para-hydroxylation sites is 1. The summed E-state index contributed by atoms with van der Waals surface area (Å²) in [7, 11) is 3.08. The molecule has 14 nitrogen and oxygen atoms in total. The summed E-state index contributed by atoms with van der Waals surface area (Å²) in [6, 6.07) is 18.5. The Morgan fingerprint density at radius 3 is 2.64 bits per heavy atom.